The first-order valence-electron chi connectivity index (χ1n) is 9.26. The number of ether oxygens (including phenoxy) is 2. The van der Waals surface area contributed by atoms with Crippen LogP contribution in [-0.4, -0.2) is 7.11 Å². The maximum absolute atomic E-state index is 6.46. The smallest absolute Gasteiger partial charge is 0.143 e. The maximum Gasteiger partial charge on any atom is 0.143 e. The highest BCUT2D eigenvalue weighted by molar-refractivity contribution is 5.97. The molecule has 0 N–H and O–H groups in total. The summed E-state index contributed by atoms with van der Waals surface area (Å²) in [7, 11) is 1.69. The van der Waals surface area contributed by atoms with E-state index < -0.39 is 0 Å². The third-order valence-electron chi connectivity index (χ3n) is 4.89. The second-order valence-electron chi connectivity index (χ2n) is 6.73. The molecule has 0 saturated carbocycles. The summed E-state index contributed by atoms with van der Waals surface area (Å²) in [5.41, 5.74) is 4.46. The summed E-state index contributed by atoms with van der Waals surface area (Å²) < 4.78 is 11.9. The summed E-state index contributed by atoms with van der Waals surface area (Å²) in [4.78, 5) is 0. The van der Waals surface area contributed by atoms with Crippen molar-refractivity contribution in [3.05, 3.63) is 96.6 Å². The summed E-state index contributed by atoms with van der Waals surface area (Å²) in [6.45, 7) is 5.93. The Hall–Kier alpha value is -3.52. The van der Waals surface area contributed by atoms with Gasteiger partial charge in [0.25, 0.3) is 0 Å². The van der Waals surface area contributed by atoms with E-state index in [1.165, 1.54) is 0 Å². The predicted molar refractivity (Wildman–Crippen MR) is 117 cm³/mol. The zero-order valence-electron chi connectivity index (χ0n) is 16.1. The van der Waals surface area contributed by atoms with E-state index in [9.17, 15) is 0 Å². The molecule has 0 amide bonds. The molecule has 4 rings (SSSR count). The Kier molecular flexibility index (Phi) is 4.86. The lowest BCUT2D eigenvalue weighted by atomic mass is 9.94. The van der Waals surface area contributed by atoms with Gasteiger partial charge in [0.1, 0.15) is 17.2 Å². The average molecular weight is 366 g/mol. The van der Waals surface area contributed by atoms with Crippen LogP contribution in [0.4, 0.5) is 0 Å². The summed E-state index contributed by atoms with van der Waals surface area (Å²) in [5, 5.41) is 2.15. The van der Waals surface area contributed by atoms with Gasteiger partial charge in [-0.1, -0.05) is 61.2 Å². The maximum atomic E-state index is 6.46. The van der Waals surface area contributed by atoms with Gasteiger partial charge in [0.05, 0.1) is 7.11 Å². The van der Waals surface area contributed by atoms with E-state index in [0.717, 1.165) is 50.3 Å². The van der Waals surface area contributed by atoms with Crippen molar-refractivity contribution >= 4 is 16.8 Å². The van der Waals surface area contributed by atoms with Gasteiger partial charge in [-0.15, -0.1) is 0 Å². The minimum atomic E-state index is 0.797. The van der Waals surface area contributed by atoms with Crippen molar-refractivity contribution < 1.29 is 9.47 Å². The molecule has 0 bridgehead atoms. The third kappa shape index (κ3) is 3.37. The molecule has 28 heavy (non-hydrogen) atoms. The molecule has 0 spiro atoms. The second-order valence-corrected chi connectivity index (χ2v) is 6.73. The molecular formula is C26H22O2. The number of rotatable bonds is 5. The van der Waals surface area contributed by atoms with Crippen LogP contribution >= 0.6 is 0 Å². The minimum Gasteiger partial charge on any atom is -0.497 e. The highest BCUT2D eigenvalue weighted by Gasteiger charge is 2.16. The first-order valence-corrected chi connectivity index (χ1v) is 9.26. The summed E-state index contributed by atoms with van der Waals surface area (Å²) >= 11 is 0. The topological polar surface area (TPSA) is 18.5 Å². The Balaban J connectivity index is 1.94. The van der Waals surface area contributed by atoms with Crippen molar-refractivity contribution in [2.45, 2.75) is 6.92 Å². The SMILES string of the molecule is C=Cc1ccc(Oc2c(-c3ccccc3)c(C)cc3cc(OC)ccc23)cc1. The Morgan fingerprint density at radius 1 is 0.821 bits per heavy atom. The van der Waals surface area contributed by atoms with Crippen LogP contribution in [0, 0.1) is 6.92 Å². The van der Waals surface area contributed by atoms with Crippen LogP contribution in [0.15, 0.2) is 85.4 Å². The van der Waals surface area contributed by atoms with Gasteiger partial charge in [0.15, 0.2) is 0 Å². The predicted octanol–water partition coefficient (Wildman–Crippen LogP) is 7.26. The second kappa shape index (κ2) is 7.61. The normalized spacial score (nSPS) is 10.6. The first-order chi connectivity index (χ1) is 13.7. The molecule has 138 valence electrons. The molecule has 0 aliphatic heterocycles. The van der Waals surface area contributed by atoms with E-state index in [4.69, 9.17) is 9.47 Å². The standard InChI is InChI=1S/C26H22O2/c1-4-19-10-12-22(13-11-19)28-26-24-15-14-23(27-3)17-21(24)16-18(2)25(26)20-8-6-5-7-9-20/h4-17H,1H2,2-3H3. The first kappa shape index (κ1) is 17.9. The quantitative estimate of drug-likeness (QED) is 0.370. The number of aryl methyl sites for hydroxylation is 1. The van der Waals surface area contributed by atoms with Crippen LogP contribution in [0.5, 0.6) is 17.2 Å². The van der Waals surface area contributed by atoms with Gasteiger partial charge in [-0.2, -0.15) is 0 Å². The lowest BCUT2D eigenvalue weighted by molar-refractivity contribution is 0.415. The van der Waals surface area contributed by atoms with E-state index >= 15 is 0 Å². The fourth-order valence-electron chi connectivity index (χ4n) is 3.47. The van der Waals surface area contributed by atoms with Crippen molar-refractivity contribution in [3.63, 3.8) is 0 Å². The van der Waals surface area contributed by atoms with Crippen molar-refractivity contribution in [2.75, 3.05) is 7.11 Å². The molecule has 4 aromatic carbocycles. The number of hydrogen-bond acceptors (Lipinski definition) is 2. The molecule has 0 aliphatic rings. The zero-order valence-corrected chi connectivity index (χ0v) is 16.1. The van der Waals surface area contributed by atoms with Crippen molar-refractivity contribution in [2.24, 2.45) is 0 Å². The zero-order chi connectivity index (χ0) is 19.5. The van der Waals surface area contributed by atoms with Gasteiger partial charge in [0, 0.05) is 10.9 Å². The van der Waals surface area contributed by atoms with Gasteiger partial charge in [-0.25, -0.2) is 0 Å². The van der Waals surface area contributed by atoms with Crippen LogP contribution in [0.1, 0.15) is 11.1 Å². The minimum absolute atomic E-state index is 0.797. The van der Waals surface area contributed by atoms with Crippen molar-refractivity contribution in [3.8, 4) is 28.4 Å². The Bertz CT molecular complexity index is 1130. The molecule has 4 aromatic rings. The lowest BCUT2D eigenvalue weighted by Gasteiger charge is -2.18. The molecular weight excluding hydrogens is 344 g/mol. The third-order valence-corrected chi connectivity index (χ3v) is 4.89. The summed E-state index contributed by atoms with van der Waals surface area (Å²) in [5.74, 6) is 2.49. The molecule has 0 aromatic heterocycles. The molecule has 2 nitrogen and oxygen atoms in total. The molecule has 0 radical (unpaired) electrons. The van der Waals surface area contributed by atoms with Crippen molar-refractivity contribution in [1.82, 2.24) is 0 Å². The van der Waals surface area contributed by atoms with Gasteiger partial charge in [0.2, 0.25) is 0 Å². The van der Waals surface area contributed by atoms with Gasteiger partial charge >= 0.3 is 0 Å². The van der Waals surface area contributed by atoms with Crippen LogP contribution < -0.4 is 9.47 Å². The average Bonchev–Trinajstić information content (AvgIpc) is 2.74. The van der Waals surface area contributed by atoms with Crippen LogP contribution in [0.25, 0.3) is 28.0 Å². The van der Waals surface area contributed by atoms with Gasteiger partial charge in [-0.05, 0) is 59.3 Å². The Morgan fingerprint density at radius 3 is 2.21 bits per heavy atom. The Morgan fingerprint density at radius 2 is 1.54 bits per heavy atom. The largest absolute Gasteiger partial charge is 0.497 e. The molecule has 0 saturated heterocycles. The fourth-order valence-corrected chi connectivity index (χ4v) is 3.47. The van der Waals surface area contributed by atoms with E-state index in [2.05, 4.69) is 49.9 Å². The van der Waals surface area contributed by atoms with Crippen molar-refractivity contribution in [1.29, 1.82) is 0 Å². The number of benzene rings is 4. The van der Waals surface area contributed by atoms with Gasteiger partial charge < -0.3 is 9.47 Å². The molecule has 0 fully saturated rings. The van der Waals surface area contributed by atoms with E-state index in [0.29, 0.717) is 0 Å². The fraction of sp³-hybridized carbons (Fsp3) is 0.0769. The summed E-state index contributed by atoms with van der Waals surface area (Å²) in [6, 6.07) is 26.6. The van der Waals surface area contributed by atoms with Gasteiger partial charge in [-0.3, -0.25) is 0 Å². The van der Waals surface area contributed by atoms with Crippen LogP contribution in [-0.2, 0) is 0 Å². The number of fused-ring (bicyclic) bond motifs is 1. The number of hydrogen-bond donors (Lipinski definition) is 0. The van der Waals surface area contributed by atoms with E-state index in [-0.39, 0.29) is 0 Å². The lowest BCUT2D eigenvalue weighted by Crippen LogP contribution is -1.94. The highest BCUT2D eigenvalue weighted by Crippen LogP contribution is 2.42. The molecule has 2 heteroatoms. The Labute approximate surface area is 165 Å². The molecule has 0 atom stereocenters. The monoisotopic (exact) mass is 366 g/mol. The highest BCUT2D eigenvalue weighted by atomic mass is 16.5. The molecule has 0 unspecified atom stereocenters. The summed E-state index contributed by atoms with van der Waals surface area (Å²) in [6.07, 6.45) is 1.83. The van der Waals surface area contributed by atoms with Crippen LogP contribution in [0.2, 0.25) is 0 Å². The molecule has 0 heterocycles. The number of methoxy groups -OCH3 is 1. The van der Waals surface area contributed by atoms with E-state index in [1.54, 1.807) is 7.11 Å². The van der Waals surface area contributed by atoms with E-state index in [1.807, 2.05) is 48.5 Å². The molecule has 0 aliphatic carbocycles. The van der Waals surface area contributed by atoms with Crippen LogP contribution in [0.3, 0.4) is 0 Å².